The third-order valence-corrected chi connectivity index (χ3v) is 10.9. The summed E-state index contributed by atoms with van der Waals surface area (Å²) in [6, 6.07) is 22.0. The normalized spacial score (nSPS) is 11.7. The lowest BCUT2D eigenvalue weighted by atomic mass is 9.95. The molecule has 216 valence electrons. The summed E-state index contributed by atoms with van der Waals surface area (Å²) in [5.41, 5.74) is 12.4. The average Bonchev–Trinajstić information content (AvgIpc) is 3.75. The second kappa shape index (κ2) is 11.0. The van der Waals surface area contributed by atoms with E-state index >= 15 is 0 Å². The van der Waals surface area contributed by atoms with E-state index in [0.29, 0.717) is 0 Å². The number of benzene rings is 3. The molecule has 7 aromatic rings. The summed E-state index contributed by atoms with van der Waals surface area (Å²) < 4.78 is 12.3. The molecule has 0 saturated carbocycles. The molecule has 6 nitrogen and oxygen atoms in total. The Balaban J connectivity index is 1.44. The van der Waals surface area contributed by atoms with Gasteiger partial charge in [-0.3, -0.25) is 0 Å². The van der Waals surface area contributed by atoms with E-state index in [1.54, 1.807) is 11.3 Å². The van der Waals surface area contributed by atoms with E-state index in [4.69, 9.17) is 18.7 Å². The molecule has 4 heterocycles. The van der Waals surface area contributed by atoms with Crippen LogP contribution in [0.2, 0.25) is 0 Å². The van der Waals surface area contributed by atoms with Crippen LogP contribution >= 0.6 is 34.4 Å². The molecule has 0 aliphatic carbocycles. The summed E-state index contributed by atoms with van der Waals surface area (Å²) in [4.78, 5) is 16.1. The Hall–Kier alpha value is -3.92. The number of rotatable bonds is 7. The summed E-state index contributed by atoms with van der Waals surface area (Å²) in [5, 5.41) is 1.26. The molecule has 0 spiro atoms. The van der Waals surface area contributed by atoms with Gasteiger partial charge in [0.25, 0.3) is 0 Å². The molecule has 4 aromatic heterocycles. The van der Waals surface area contributed by atoms with Crippen LogP contribution in [0.15, 0.2) is 60.7 Å². The maximum absolute atomic E-state index is 5.32. The Bertz CT molecular complexity index is 2070. The average molecular weight is 621 g/mol. The zero-order valence-electron chi connectivity index (χ0n) is 25.1. The lowest BCUT2D eigenvalue weighted by molar-refractivity contribution is 0.931. The molecule has 0 amide bonds. The number of fused-ring (bicyclic) bond motifs is 3. The standard InChI is InChI=1S/C34H32N6S3/c1-7-23-24(8-2)36-32-30(27-17-25-26(41-27)18-28(42-25)40(5)6)34-33(37-43-38-34)29(31(32)35-23)21-11-9-19(10-12-21)20-13-15-22(16-14-20)39(3)4/h9-18H,7-8H2,1-6H3. The second-order valence-corrected chi connectivity index (χ2v) is 13.7. The van der Waals surface area contributed by atoms with Crippen LogP contribution in [0, 0.1) is 0 Å². The van der Waals surface area contributed by atoms with Gasteiger partial charge in [-0.1, -0.05) is 50.2 Å². The van der Waals surface area contributed by atoms with Crippen LogP contribution in [0.1, 0.15) is 25.2 Å². The van der Waals surface area contributed by atoms with Crippen molar-refractivity contribution in [1.82, 2.24) is 18.7 Å². The molecule has 3 aromatic carbocycles. The van der Waals surface area contributed by atoms with Gasteiger partial charge in [-0.05, 0) is 53.8 Å². The number of hydrogen-bond acceptors (Lipinski definition) is 9. The van der Waals surface area contributed by atoms with Gasteiger partial charge >= 0.3 is 0 Å². The van der Waals surface area contributed by atoms with Crippen LogP contribution in [-0.4, -0.2) is 46.9 Å². The van der Waals surface area contributed by atoms with E-state index in [-0.39, 0.29) is 0 Å². The molecule has 7 rings (SSSR count). The largest absolute Gasteiger partial charge is 0.378 e. The summed E-state index contributed by atoms with van der Waals surface area (Å²) in [6.45, 7) is 4.32. The molecular formula is C34H32N6S3. The summed E-state index contributed by atoms with van der Waals surface area (Å²) in [5.74, 6) is 0. The van der Waals surface area contributed by atoms with E-state index < -0.39 is 0 Å². The van der Waals surface area contributed by atoms with Crippen LogP contribution in [0.4, 0.5) is 10.7 Å². The molecule has 0 saturated heterocycles. The highest BCUT2D eigenvalue weighted by Gasteiger charge is 2.25. The van der Waals surface area contributed by atoms with Gasteiger partial charge in [0.1, 0.15) is 16.6 Å². The van der Waals surface area contributed by atoms with Gasteiger partial charge in [-0.15, -0.1) is 22.7 Å². The van der Waals surface area contributed by atoms with Gasteiger partial charge in [-0.25, -0.2) is 9.97 Å². The number of hydrogen-bond donors (Lipinski definition) is 0. The van der Waals surface area contributed by atoms with Crippen molar-refractivity contribution in [3.8, 4) is 32.7 Å². The third kappa shape index (κ3) is 4.76. The first-order valence-electron chi connectivity index (χ1n) is 14.4. The Morgan fingerprint density at radius 3 is 1.67 bits per heavy atom. The fraction of sp³-hybridized carbons (Fsp3) is 0.235. The lowest BCUT2D eigenvalue weighted by Gasteiger charge is -2.15. The van der Waals surface area contributed by atoms with Crippen LogP contribution in [0.5, 0.6) is 0 Å². The van der Waals surface area contributed by atoms with E-state index in [1.807, 2.05) is 11.3 Å². The summed E-state index contributed by atoms with van der Waals surface area (Å²) >= 11 is 4.87. The molecule has 43 heavy (non-hydrogen) atoms. The first kappa shape index (κ1) is 27.9. The molecule has 0 atom stereocenters. The Morgan fingerprint density at radius 2 is 1.12 bits per heavy atom. The Kier molecular flexibility index (Phi) is 7.12. The van der Waals surface area contributed by atoms with E-state index in [9.17, 15) is 0 Å². The predicted octanol–water partition coefficient (Wildman–Crippen LogP) is 9.17. The lowest BCUT2D eigenvalue weighted by Crippen LogP contribution is -2.07. The Labute approximate surface area is 263 Å². The highest BCUT2D eigenvalue weighted by atomic mass is 32.1. The molecule has 0 aliphatic rings. The maximum Gasteiger partial charge on any atom is 0.116 e. The van der Waals surface area contributed by atoms with E-state index in [1.165, 1.54) is 42.9 Å². The van der Waals surface area contributed by atoms with E-state index in [2.05, 4.69) is 113 Å². The van der Waals surface area contributed by atoms with Gasteiger partial charge in [0.15, 0.2) is 0 Å². The van der Waals surface area contributed by atoms with Crippen LogP contribution < -0.4 is 9.80 Å². The third-order valence-electron chi connectivity index (χ3n) is 7.93. The molecule has 0 aliphatic heterocycles. The first-order chi connectivity index (χ1) is 20.9. The monoisotopic (exact) mass is 620 g/mol. The number of thiophene rings is 2. The number of nitrogens with zero attached hydrogens (tertiary/aromatic N) is 6. The number of aromatic nitrogens is 4. The number of aryl methyl sites for hydroxylation is 2. The predicted molar refractivity (Wildman–Crippen MR) is 187 cm³/mol. The van der Waals surface area contributed by atoms with Crippen molar-refractivity contribution in [2.24, 2.45) is 0 Å². The Morgan fingerprint density at radius 1 is 0.581 bits per heavy atom. The SMILES string of the molecule is CCc1nc2c(-c3ccc(-c4ccc(N(C)C)cc4)cc3)c3nsnc3c(-c3cc4sc(N(C)C)cc4s3)c2nc1CC. The van der Waals surface area contributed by atoms with Crippen molar-refractivity contribution < 1.29 is 0 Å². The molecule has 0 radical (unpaired) electrons. The summed E-state index contributed by atoms with van der Waals surface area (Å²) in [6.07, 6.45) is 1.67. The van der Waals surface area contributed by atoms with Gasteiger partial charge < -0.3 is 9.80 Å². The van der Waals surface area contributed by atoms with Gasteiger partial charge in [0.2, 0.25) is 0 Å². The van der Waals surface area contributed by atoms with Crippen molar-refractivity contribution in [1.29, 1.82) is 0 Å². The summed E-state index contributed by atoms with van der Waals surface area (Å²) in [7, 11) is 8.30. The molecular weight excluding hydrogens is 589 g/mol. The van der Waals surface area contributed by atoms with Crippen molar-refractivity contribution in [2.45, 2.75) is 26.7 Å². The van der Waals surface area contributed by atoms with Crippen molar-refractivity contribution in [2.75, 3.05) is 38.0 Å². The fourth-order valence-electron chi connectivity index (χ4n) is 5.62. The quantitative estimate of drug-likeness (QED) is 0.177. The zero-order chi connectivity index (χ0) is 29.8. The van der Waals surface area contributed by atoms with Crippen LogP contribution in [-0.2, 0) is 12.8 Å². The minimum Gasteiger partial charge on any atom is -0.378 e. The maximum atomic E-state index is 5.32. The molecule has 0 N–H and O–H groups in total. The highest BCUT2D eigenvalue weighted by Crippen LogP contribution is 2.47. The van der Waals surface area contributed by atoms with Gasteiger partial charge in [-0.2, -0.15) is 8.75 Å². The molecule has 0 fully saturated rings. The number of anilines is 2. The minimum atomic E-state index is 0.832. The second-order valence-electron chi connectivity index (χ2n) is 11.1. The topological polar surface area (TPSA) is 58.0 Å². The highest BCUT2D eigenvalue weighted by molar-refractivity contribution is 7.31. The van der Waals surface area contributed by atoms with Crippen molar-refractivity contribution in [3.63, 3.8) is 0 Å². The smallest absolute Gasteiger partial charge is 0.116 e. The van der Waals surface area contributed by atoms with Crippen molar-refractivity contribution in [3.05, 3.63) is 72.1 Å². The molecule has 9 heteroatoms. The van der Waals surface area contributed by atoms with Crippen molar-refractivity contribution >= 4 is 76.6 Å². The van der Waals surface area contributed by atoms with E-state index in [0.717, 1.165) is 67.9 Å². The molecule has 0 unspecified atom stereocenters. The van der Waals surface area contributed by atoms with Gasteiger partial charge in [0.05, 0.1) is 33.6 Å². The van der Waals surface area contributed by atoms with Crippen LogP contribution in [0.25, 0.3) is 64.2 Å². The van der Waals surface area contributed by atoms with Gasteiger partial charge in [0, 0.05) is 59.3 Å². The fourth-order valence-corrected chi connectivity index (χ4v) is 8.53. The van der Waals surface area contributed by atoms with Crippen LogP contribution in [0.3, 0.4) is 0 Å². The minimum absolute atomic E-state index is 0.832. The molecule has 0 bridgehead atoms. The zero-order valence-corrected chi connectivity index (χ0v) is 27.5. The first-order valence-corrected chi connectivity index (χ1v) is 16.8.